The van der Waals surface area contributed by atoms with Crippen LogP contribution < -0.4 is 10.5 Å². The highest BCUT2D eigenvalue weighted by atomic mass is 35.5. The zero-order chi connectivity index (χ0) is 21.4. The lowest BCUT2D eigenvalue weighted by atomic mass is 10.0. The molecular weight excluding hydrogens is 421 g/mol. The second-order valence-corrected chi connectivity index (χ2v) is 6.78. The average molecular weight is 435 g/mol. The normalized spacial score (nSPS) is 12.5. The second kappa shape index (κ2) is 7.79. The van der Waals surface area contributed by atoms with Gasteiger partial charge in [0.2, 0.25) is 0 Å². The zero-order valence-corrected chi connectivity index (χ0v) is 16.2. The maximum absolute atomic E-state index is 15.1. The van der Waals surface area contributed by atoms with Crippen molar-refractivity contribution in [2.45, 2.75) is 19.6 Å². The monoisotopic (exact) mass is 434 g/mol. The molecule has 7 nitrogen and oxygen atoms in total. The van der Waals surface area contributed by atoms with E-state index in [-0.39, 0.29) is 33.9 Å². The number of anilines is 1. The largest absolute Gasteiger partial charge is 0.482 e. The van der Waals surface area contributed by atoms with E-state index in [2.05, 4.69) is 20.1 Å². The van der Waals surface area contributed by atoms with E-state index in [1.54, 1.807) is 31.2 Å². The molecule has 1 atom stereocenters. The van der Waals surface area contributed by atoms with Gasteiger partial charge in [0.05, 0.1) is 10.9 Å². The van der Waals surface area contributed by atoms with Gasteiger partial charge in [0.15, 0.2) is 11.9 Å². The van der Waals surface area contributed by atoms with Gasteiger partial charge in [-0.25, -0.2) is 19.3 Å². The minimum absolute atomic E-state index is 0.00167. The van der Waals surface area contributed by atoms with Crippen LogP contribution in [-0.4, -0.2) is 24.7 Å². The van der Waals surface area contributed by atoms with E-state index in [1.165, 1.54) is 6.33 Å². The maximum Gasteiger partial charge on any atom is 0.334 e. The van der Waals surface area contributed by atoms with Crippen molar-refractivity contribution in [3.63, 3.8) is 0 Å². The molecule has 0 saturated carbocycles. The van der Waals surface area contributed by atoms with E-state index < -0.39 is 18.5 Å². The van der Waals surface area contributed by atoms with Crippen molar-refractivity contribution >= 4 is 28.3 Å². The van der Waals surface area contributed by atoms with Gasteiger partial charge >= 0.3 is 6.55 Å². The molecule has 0 unspecified atom stereocenters. The van der Waals surface area contributed by atoms with Crippen LogP contribution in [0.25, 0.3) is 22.0 Å². The number of aromatic nitrogens is 5. The van der Waals surface area contributed by atoms with E-state index in [4.69, 9.17) is 22.1 Å². The molecule has 2 aromatic carbocycles. The van der Waals surface area contributed by atoms with E-state index in [0.717, 1.165) is 12.4 Å². The molecule has 0 bridgehead atoms. The minimum atomic E-state index is -2.84. The van der Waals surface area contributed by atoms with Crippen molar-refractivity contribution in [3.05, 3.63) is 59.7 Å². The van der Waals surface area contributed by atoms with E-state index in [1.807, 2.05) is 0 Å². The molecule has 0 radical (unpaired) electrons. The molecule has 2 N–H and O–H groups in total. The first kappa shape index (κ1) is 19.9. The standard InChI is InChI=1S/C19H14ClF3N6O/c1-9(18-27-8-29(28-18)19(22)23)30-13-6-12(21)14(10-3-2-4-11(20)5-10)16-15(13)17(24)26-7-25-16/h2-9,19H,1H3,(H2,24,25,26)/t9-/m0/s1. The molecule has 0 amide bonds. The van der Waals surface area contributed by atoms with Crippen molar-refractivity contribution in [2.24, 2.45) is 0 Å². The molecule has 4 rings (SSSR count). The molecule has 30 heavy (non-hydrogen) atoms. The summed E-state index contributed by atoms with van der Waals surface area (Å²) in [7, 11) is 0. The first-order valence-corrected chi connectivity index (χ1v) is 9.07. The van der Waals surface area contributed by atoms with Crippen LogP contribution in [0.15, 0.2) is 43.0 Å². The van der Waals surface area contributed by atoms with Crippen molar-refractivity contribution in [1.29, 1.82) is 0 Å². The predicted octanol–water partition coefficient (Wildman–Crippen LogP) is 4.80. The fourth-order valence-electron chi connectivity index (χ4n) is 3.03. The van der Waals surface area contributed by atoms with Crippen molar-refractivity contribution in [3.8, 4) is 16.9 Å². The second-order valence-electron chi connectivity index (χ2n) is 6.34. The highest BCUT2D eigenvalue weighted by Gasteiger charge is 2.22. The first-order valence-electron chi connectivity index (χ1n) is 8.69. The Morgan fingerprint density at radius 1 is 1.17 bits per heavy atom. The molecule has 0 fully saturated rings. The number of fused-ring (bicyclic) bond motifs is 1. The van der Waals surface area contributed by atoms with Crippen molar-refractivity contribution in [1.82, 2.24) is 24.7 Å². The summed E-state index contributed by atoms with van der Waals surface area (Å²) in [4.78, 5) is 12.0. The van der Waals surface area contributed by atoms with Crippen LogP contribution in [0.3, 0.4) is 0 Å². The summed E-state index contributed by atoms with van der Waals surface area (Å²) in [5.41, 5.74) is 6.93. The van der Waals surface area contributed by atoms with Gasteiger partial charge in [-0.2, -0.15) is 13.5 Å². The van der Waals surface area contributed by atoms with Gasteiger partial charge in [-0.3, -0.25) is 0 Å². The molecule has 0 spiro atoms. The lowest BCUT2D eigenvalue weighted by Gasteiger charge is -2.17. The Morgan fingerprint density at radius 2 is 1.97 bits per heavy atom. The quantitative estimate of drug-likeness (QED) is 0.485. The lowest BCUT2D eigenvalue weighted by Crippen LogP contribution is -2.09. The molecule has 0 aliphatic carbocycles. The van der Waals surface area contributed by atoms with Crippen LogP contribution in [-0.2, 0) is 0 Å². The molecule has 0 aliphatic rings. The Bertz CT molecular complexity index is 1230. The molecule has 2 heterocycles. The summed E-state index contributed by atoms with van der Waals surface area (Å²) in [6.07, 6.45) is 1.23. The van der Waals surface area contributed by atoms with Crippen LogP contribution in [0.5, 0.6) is 5.75 Å². The zero-order valence-electron chi connectivity index (χ0n) is 15.4. The van der Waals surface area contributed by atoms with Gasteiger partial charge in [-0.15, -0.1) is 5.10 Å². The molecule has 11 heteroatoms. The van der Waals surface area contributed by atoms with Crippen LogP contribution in [0.4, 0.5) is 19.0 Å². The van der Waals surface area contributed by atoms with Gasteiger partial charge < -0.3 is 10.5 Å². The summed E-state index contributed by atoms with van der Waals surface area (Å²) in [6, 6.07) is 7.77. The molecule has 0 aliphatic heterocycles. The van der Waals surface area contributed by atoms with Gasteiger partial charge in [0.1, 0.15) is 30.0 Å². The van der Waals surface area contributed by atoms with Gasteiger partial charge in [-0.1, -0.05) is 23.7 Å². The Labute approximate surface area is 173 Å². The van der Waals surface area contributed by atoms with Crippen LogP contribution >= 0.6 is 11.6 Å². The van der Waals surface area contributed by atoms with Crippen molar-refractivity contribution < 1.29 is 17.9 Å². The average Bonchev–Trinajstić information content (AvgIpc) is 3.18. The molecule has 2 aromatic heterocycles. The summed E-state index contributed by atoms with van der Waals surface area (Å²) < 4.78 is 46.8. The van der Waals surface area contributed by atoms with E-state index in [0.29, 0.717) is 15.3 Å². The number of nitrogens with two attached hydrogens (primary N) is 1. The lowest BCUT2D eigenvalue weighted by molar-refractivity contribution is 0.0550. The highest BCUT2D eigenvalue weighted by molar-refractivity contribution is 6.30. The SMILES string of the molecule is C[C@H](Oc1cc(F)c(-c2cccc(Cl)c2)c2ncnc(N)c12)c1ncn(C(F)F)n1. The third-order valence-corrected chi connectivity index (χ3v) is 4.60. The Kier molecular flexibility index (Phi) is 5.17. The Balaban J connectivity index is 1.82. The minimum Gasteiger partial charge on any atom is -0.482 e. The number of hydrogen-bond donors (Lipinski definition) is 1. The fraction of sp³-hybridized carbons (Fsp3) is 0.158. The molecule has 0 saturated heterocycles. The van der Waals surface area contributed by atoms with Gasteiger partial charge in [-0.05, 0) is 24.6 Å². The number of nitrogens with zero attached hydrogens (tertiary/aromatic N) is 5. The van der Waals surface area contributed by atoms with Gasteiger partial charge in [0.25, 0.3) is 0 Å². The predicted molar refractivity (Wildman–Crippen MR) is 105 cm³/mol. The highest BCUT2D eigenvalue weighted by Crippen LogP contribution is 2.39. The third-order valence-electron chi connectivity index (χ3n) is 4.36. The summed E-state index contributed by atoms with van der Waals surface area (Å²) in [5.74, 6) is -0.529. The van der Waals surface area contributed by atoms with Crippen LogP contribution in [0.2, 0.25) is 5.02 Å². The van der Waals surface area contributed by atoms with Crippen LogP contribution in [0.1, 0.15) is 25.4 Å². The number of ether oxygens (including phenoxy) is 1. The van der Waals surface area contributed by atoms with Gasteiger partial charge in [0, 0.05) is 16.7 Å². The van der Waals surface area contributed by atoms with Crippen LogP contribution in [0, 0.1) is 5.82 Å². The molecule has 4 aromatic rings. The number of benzene rings is 2. The molecular formula is C19H14ClF3N6O. The number of nitrogen functional groups attached to an aromatic ring is 1. The number of rotatable bonds is 5. The van der Waals surface area contributed by atoms with Crippen molar-refractivity contribution in [2.75, 3.05) is 5.73 Å². The van der Waals surface area contributed by atoms with E-state index in [9.17, 15) is 8.78 Å². The Hall–Kier alpha value is -3.40. The summed E-state index contributed by atoms with van der Waals surface area (Å²) in [6.45, 7) is -1.29. The maximum atomic E-state index is 15.1. The smallest absolute Gasteiger partial charge is 0.334 e. The Morgan fingerprint density at radius 3 is 2.67 bits per heavy atom. The number of halogens is 4. The topological polar surface area (TPSA) is 91.7 Å². The molecule has 154 valence electrons. The van der Waals surface area contributed by atoms with E-state index >= 15 is 4.39 Å². The summed E-state index contributed by atoms with van der Waals surface area (Å²) >= 11 is 6.05. The summed E-state index contributed by atoms with van der Waals surface area (Å²) in [5, 5.41) is 4.37. The first-order chi connectivity index (χ1) is 14.3. The number of hydrogen-bond acceptors (Lipinski definition) is 6. The number of alkyl halides is 2. The fourth-order valence-corrected chi connectivity index (χ4v) is 3.22. The third kappa shape index (κ3) is 3.61.